The Kier molecular flexibility index (Phi) is 3.69. The summed E-state index contributed by atoms with van der Waals surface area (Å²) >= 11 is 0. The molecule has 0 aliphatic heterocycles. The molecule has 3 nitrogen and oxygen atoms in total. The molecule has 1 heterocycles. The lowest BCUT2D eigenvalue weighted by molar-refractivity contribution is 0.147. The third-order valence-corrected chi connectivity index (χ3v) is 4.84. The van der Waals surface area contributed by atoms with Crippen molar-refractivity contribution in [2.24, 2.45) is 11.8 Å². The van der Waals surface area contributed by atoms with E-state index >= 15 is 0 Å². The molecule has 0 aromatic carbocycles. The smallest absolute Gasteiger partial charge is 0.208 e. The highest BCUT2D eigenvalue weighted by Gasteiger charge is 2.33. The summed E-state index contributed by atoms with van der Waals surface area (Å²) in [7, 11) is 1.93. The summed E-state index contributed by atoms with van der Waals surface area (Å²) in [4.78, 5) is 4.36. The summed E-state index contributed by atoms with van der Waals surface area (Å²) in [5.41, 5.74) is 0. The lowest BCUT2D eigenvalue weighted by Gasteiger charge is -2.38. The number of fused-ring (bicyclic) bond motifs is 1. The summed E-state index contributed by atoms with van der Waals surface area (Å²) in [5, 5.41) is 3.09. The molecule has 2 aliphatic carbocycles. The molecule has 3 unspecified atom stereocenters. The average Bonchev–Trinajstić information content (AvgIpc) is 2.87. The average molecular weight is 248 g/mol. The number of oxazole rings is 1. The molecule has 0 amide bonds. The SMILES string of the molecule is CNCc1ncc(C2CCC3CCCCC3C2)o1. The maximum absolute atomic E-state index is 5.87. The van der Waals surface area contributed by atoms with Crippen molar-refractivity contribution in [3.8, 4) is 0 Å². The molecule has 3 rings (SSSR count). The van der Waals surface area contributed by atoms with Crippen molar-refractivity contribution < 1.29 is 4.42 Å². The number of aromatic nitrogens is 1. The Bertz CT molecular complexity index is 388. The zero-order chi connectivity index (χ0) is 12.4. The number of hydrogen-bond acceptors (Lipinski definition) is 3. The first-order valence-electron chi connectivity index (χ1n) is 7.46. The summed E-state index contributed by atoms with van der Waals surface area (Å²) in [6.45, 7) is 0.735. The van der Waals surface area contributed by atoms with Gasteiger partial charge in [0.1, 0.15) is 5.76 Å². The van der Waals surface area contributed by atoms with E-state index in [0.717, 1.165) is 30.0 Å². The molecule has 1 aromatic rings. The molecule has 2 aliphatic rings. The first-order chi connectivity index (χ1) is 8.86. The van der Waals surface area contributed by atoms with E-state index in [1.165, 1.54) is 44.9 Å². The fourth-order valence-corrected chi connectivity index (χ4v) is 3.88. The molecule has 100 valence electrons. The van der Waals surface area contributed by atoms with Gasteiger partial charge < -0.3 is 9.73 Å². The largest absolute Gasteiger partial charge is 0.444 e. The maximum atomic E-state index is 5.87. The Hall–Kier alpha value is -0.830. The van der Waals surface area contributed by atoms with Gasteiger partial charge in [-0.15, -0.1) is 0 Å². The van der Waals surface area contributed by atoms with Crippen LogP contribution in [0.4, 0.5) is 0 Å². The van der Waals surface area contributed by atoms with Crippen molar-refractivity contribution in [2.75, 3.05) is 7.05 Å². The van der Waals surface area contributed by atoms with Crippen LogP contribution in [-0.4, -0.2) is 12.0 Å². The fourth-order valence-electron chi connectivity index (χ4n) is 3.88. The van der Waals surface area contributed by atoms with Crippen LogP contribution in [0.2, 0.25) is 0 Å². The van der Waals surface area contributed by atoms with Crippen molar-refractivity contribution in [3.05, 3.63) is 17.8 Å². The Balaban J connectivity index is 1.65. The monoisotopic (exact) mass is 248 g/mol. The minimum atomic E-state index is 0.627. The molecule has 3 heteroatoms. The molecule has 0 bridgehead atoms. The van der Waals surface area contributed by atoms with Crippen LogP contribution in [0.25, 0.3) is 0 Å². The van der Waals surface area contributed by atoms with Gasteiger partial charge in [-0.2, -0.15) is 0 Å². The number of nitrogens with one attached hydrogen (secondary N) is 1. The zero-order valence-electron chi connectivity index (χ0n) is 11.3. The van der Waals surface area contributed by atoms with Gasteiger partial charge in [0.2, 0.25) is 5.89 Å². The van der Waals surface area contributed by atoms with Crippen molar-refractivity contribution in [1.29, 1.82) is 0 Å². The highest BCUT2D eigenvalue weighted by atomic mass is 16.4. The first kappa shape index (κ1) is 12.2. The quantitative estimate of drug-likeness (QED) is 0.890. The second kappa shape index (κ2) is 5.43. The Morgan fingerprint density at radius 2 is 2.06 bits per heavy atom. The lowest BCUT2D eigenvalue weighted by Crippen LogP contribution is -2.26. The van der Waals surface area contributed by atoms with Crippen LogP contribution in [0, 0.1) is 11.8 Å². The maximum Gasteiger partial charge on any atom is 0.208 e. The standard InChI is InChI=1S/C15H24N2O/c1-16-10-15-17-9-14(18-15)13-7-6-11-4-2-3-5-12(11)8-13/h9,11-13,16H,2-8,10H2,1H3. The summed E-state index contributed by atoms with van der Waals surface area (Å²) in [5.74, 6) is 4.55. The summed E-state index contributed by atoms with van der Waals surface area (Å²) < 4.78 is 5.87. The Morgan fingerprint density at radius 3 is 2.89 bits per heavy atom. The minimum Gasteiger partial charge on any atom is -0.444 e. The topological polar surface area (TPSA) is 38.1 Å². The van der Waals surface area contributed by atoms with Gasteiger partial charge in [-0.3, -0.25) is 0 Å². The molecule has 2 fully saturated rings. The summed E-state index contributed by atoms with van der Waals surface area (Å²) in [6.07, 6.45) is 11.8. The highest BCUT2D eigenvalue weighted by molar-refractivity contribution is 5.05. The van der Waals surface area contributed by atoms with Gasteiger partial charge in [0.25, 0.3) is 0 Å². The van der Waals surface area contributed by atoms with Gasteiger partial charge in [-0.1, -0.05) is 25.7 Å². The fraction of sp³-hybridized carbons (Fsp3) is 0.800. The van der Waals surface area contributed by atoms with Crippen molar-refractivity contribution in [1.82, 2.24) is 10.3 Å². The highest BCUT2D eigenvalue weighted by Crippen LogP contribution is 2.46. The molecule has 2 saturated carbocycles. The second-order valence-corrected chi connectivity index (χ2v) is 6.00. The van der Waals surface area contributed by atoms with Crippen LogP contribution in [0.5, 0.6) is 0 Å². The Morgan fingerprint density at radius 1 is 1.22 bits per heavy atom. The van der Waals surface area contributed by atoms with E-state index in [1.807, 2.05) is 13.2 Å². The molecule has 1 N–H and O–H groups in total. The predicted octanol–water partition coefficient (Wildman–Crippen LogP) is 3.47. The molecule has 0 radical (unpaired) electrons. The van der Waals surface area contributed by atoms with Crippen LogP contribution in [-0.2, 0) is 6.54 Å². The molecular formula is C15H24N2O. The summed E-state index contributed by atoms with van der Waals surface area (Å²) in [6, 6.07) is 0. The number of rotatable bonds is 3. The van der Waals surface area contributed by atoms with E-state index in [4.69, 9.17) is 4.42 Å². The second-order valence-electron chi connectivity index (χ2n) is 6.00. The van der Waals surface area contributed by atoms with E-state index in [9.17, 15) is 0 Å². The van der Waals surface area contributed by atoms with E-state index < -0.39 is 0 Å². The van der Waals surface area contributed by atoms with Crippen LogP contribution in [0.3, 0.4) is 0 Å². The van der Waals surface area contributed by atoms with Gasteiger partial charge in [0, 0.05) is 5.92 Å². The van der Waals surface area contributed by atoms with Crippen molar-refractivity contribution in [2.45, 2.75) is 57.4 Å². The van der Waals surface area contributed by atoms with Crippen LogP contribution < -0.4 is 5.32 Å². The van der Waals surface area contributed by atoms with Gasteiger partial charge in [-0.25, -0.2) is 4.98 Å². The van der Waals surface area contributed by atoms with E-state index in [2.05, 4.69) is 10.3 Å². The number of hydrogen-bond donors (Lipinski definition) is 1. The van der Waals surface area contributed by atoms with E-state index in [-0.39, 0.29) is 0 Å². The zero-order valence-corrected chi connectivity index (χ0v) is 11.3. The molecule has 18 heavy (non-hydrogen) atoms. The third kappa shape index (κ3) is 2.46. The minimum absolute atomic E-state index is 0.627. The molecule has 3 atom stereocenters. The van der Waals surface area contributed by atoms with Gasteiger partial charge in [0.15, 0.2) is 0 Å². The van der Waals surface area contributed by atoms with E-state index in [1.54, 1.807) is 0 Å². The normalized spacial score (nSPS) is 32.2. The van der Waals surface area contributed by atoms with Crippen LogP contribution in [0.15, 0.2) is 10.6 Å². The first-order valence-corrected chi connectivity index (χ1v) is 7.46. The van der Waals surface area contributed by atoms with E-state index in [0.29, 0.717) is 5.92 Å². The van der Waals surface area contributed by atoms with Crippen LogP contribution in [0.1, 0.15) is 62.5 Å². The van der Waals surface area contributed by atoms with Crippen molar-refractivity contribution in [3.63, 3.8) is 0 Å². The lowest BCUT2D eigenvalue weighted by atomic mass is 9.67. The van der Waals surface area contributed by atoms with Gasteiger partial charge >= 0.3 is 0 Å². The Labute approximate surface area is 109 Å². The predicted molar refractivity (Wildman–Crippen MR) is 71.3 cm³/mol. The van der Waals surface area contributed by atoms with Crippen molar-refractivity contribution >= 4 is 0 Å². The van der Waals surface area contributed by atoms with Gasteiger partial charge in [-0.05, 0) is 38.1 Å². The molecule has 0 spiro atoms. The third-order valence-electron chi connectivity index (χ3n) is 4.84. The number of nitrogens with zero attached hydrogens (tertiary/aromatic N) is 1. The molecular weight excluding hydrogens is 224 g/mol. The van der Waals surface area contributed by atoms with Gasteiger partial charge in [0.05, 0.1) is 12.7 Å². The molecule has 1 aromatic heterocycles. The van der Waals surface area contributed by atoms with Crippen LogP contribution >= 0.6 is 0 Å². The molecule has 0 saturated heterocycles.